The Hall–Kier alpha value is -2.86. The van der Waals surface area contributed by atoms with Crippen molar-refractivity contribution in [2.45, 2.75) is 65.5 Å². The van der Waals surface area contributed by atoms with Gasteiger partial charge in [0.15, 0.2) is 10.3 Å². The first-order chi connectivity index (χ1) is 23.2. The Morgan fingerprint density at radius 3 is 1.35 bits per heavy atom. The Balaban J connectivity index is 0.000000188. The largest absolute Gasteiger partial charge is 0.302 e. The molecular weight excluding hydrogens is 683 g/mol. The first kappa shape index (κ1) is 36.4. The van der Waals surface area contributed by atoms with Gasteiger partial charge in [-0.1, -0.05) is 47.5 Å². The van der Waals surface area contributed by atoms with E-state index in [4.69, 9.17) is 23.2 Å². The summed E-state index contributed by atoms with van der Waals surface area (Å²) in [5.74, 6) is 1.36. The lowest BCUT2D eigenvalue weighted by Crippen LogP contribution is -2.33. The number of amides is 2. The molecule has 0 bridgehead atoms. The molecule has 12 heteroatoms. The molecule has 2 aromatic heterocycles. The number of hydrogen-bond acceptors (Lipinski definition) is 8. The average molecular weight is 728 g/mol. The van der Waals surface area contributed by atoms with Crippen molar-refractivity contribution in [2.24, 2.45) is 11.8 Å². The lowest BCUT2D eigenvalue weighted by atomic mass is 9.90. The number of likely N-dealkylation sites (tertiary alicyclic amines) is 2. The number of anilines is 2. The summed E-state index contributed by atoms with van der Waals surface area (Å²) in [4.78, 5) is 38.0. The number of hydrogen-bond donors (Lipinski definition) is 2. The van der Waals surface area contributed by atoms with Crippen molar-refractivity contribution < 1.29 is 9.59 Å². The van der Waals surface area contributed by atoms with E-state index in [1.54, 1.807) is 22.7 Å². The van der Waals surface area contributed by atoms with Crippen LogP contribution in [0.4, 0.5) is 10.3 Å². The standard InChI is InChI=1S/2C18H22ClN3OS/c2*1-13(23)21-18-20-11-17(24-18)12-22-8-6-15(7-9-22)10-14-2-4-16(19)5-3-14/h2*2-5,11,15H,6-10,12H2,1H3,(H,20,21,23). The maximum atomic E-state index is 11.1. The number of rotatable bonds is 10. The van der Waals surface area contributed by atoms with Gasteiger partial charge in [0.1, 0.15) is 0 Å². The van der Waals surface area contributed by atoms with Crippen LogP contribution in [0.25, 0.3) is 0 Å². The molecule has 0 aliphatic carbocycles. The normalized spacial score (nSPS) is 16.2. The summed E-state index contributed by atoms with van der Waals surface area (Å²) in [5.41, 5.74) is 2.75. The number of nitrogens with zero attached hydrogens (tertiary/aromatic N) is 4. The second kappa shape index (κ2) is 18.2. The zero-order chi connectivity index (χ0) is 33.9. The summed E-state index contributed by atoms with van der Waals surface area (Å²) in [5, 5.41) is 8.47. The smallest absolute Gasteiger partial charge is 0.223 e. The zero-order valence-electron chi connectivity index (χ0n) is 27.6. The minimum Gasteiger partial charge on any atom is -0.302 e. The molecule has 2 N–H and O–H groups in total. The van der Waals surface area contributed by atoms with Gasteiger partial charge in [0, 0.05) is 59.1 Å². The minimum absolute atomic E-state index is 0.0705. The fourth-order valence-corrected chi connectivity index (χ4v) is 8.28. The van der Waals surface area contributed by atoms with Crippen LogP contribution in [0.2, 0.25) is 10.0 Å². The zero-order valence-corrected chi connectivity index (χ0v) is 30.7. The van der Waals surface area contributed by atoms with Gasteiger partial charge < -0.3 is 10.6 Å². The topological polar surface area (TPSA) is 90.5 Å². The van der Waals surface area contributed by atoms with E-state index in [1.807, 2.05) is 36.7 Å². The van der Waals surface area contributed by atoms with E-state index in [1.165, 1.54) is 60.4 Å². The monoisotopic (exact) mass is 726 g/mol. The number of carbonyl (C=O) groups is 2. The molecule has 0 unspecified atom stereocenters. The van der Waals surface area contributed by atoms with Crippen molar-refractivity contribution in [3.8, 4) is 0 Å². The van der Waals surface area contributed by atoms with Gasteiger partial charge in [-0.05, 0) is 112 Å². The molecule has 8 nitrogen and oxygen atoms in total. The molecule has 2 fully saturated rings. The van der Waals surface area contributed by atoms with Crippen LogP contribution in [0.1, 0.15) is 60.4 Å². The van der Waals surface area contributed by atoms with Crippen molar-refractivity contribution >= 4 is 68.0 Å². The maximum absolute atomic E-state index is 11.1. The van der Waals surface area contributed by atoms with Crippen molar-refractivity contribution in [1.82, 2.24) is 19.8 Å². The van der Waals surface area contributed by atoms with Gasteiger partial charge in [0.2, 0.25) is 11.8 Å². The number of nitrogens with one attached hydrogen (secondary N) is 2. The highest BCUT2D eigenvalue weighted by Gasteiger charge is 2.21. The van der Waals surface area contributed by atoms with Gasteiger partial charge in [-0.3, -0.25) is 19.4 Å². The van der Waals surface area contributed by atoms with Gasteiger partial charge >= 0.3 is 0 Å². The highest BCUT2D eigenvalue weighted by molar-refractivity contribution is 7.16. The molecule has 0 saturated carbocycles. The molecular formula is C36H44Cl2N6O2S2. The lowest BCUT2D eigenvalue weighted by molar-refractivity contribution is -0.115. The lowest BCUT2D eigenvalue weighted by Gasteiger charge is -2.31. The van der Waals surface area contributed by atoms with Crippen molar-refractivity contribution in [2.75, 3.05) is 36.8 Å². The van der Waals surface area contributed by atoms with Gasteiger partial charge in [-0.25, -0.2) is 9.97 Å². The summed E-state index contributed by atoms with van der Waals surface area (Å²) < 4.78 is 0. The number of aromatic nitrogens is 2. The fourth-order valence-electron chi connectivity index (χ4n) is 6.22. The Kier molecular flexibility index (Phi) is 13.8. The first-order valence-corrected chi connectivity index (χ1v) is 18.9. The molecule has 4 heterocycles. The third kappa shape index (κ3) is 12.2. The number of thiazole rings is 2. The molecule has 48 heavy (non-hydrogen) atoms. The van der Waals surface area contributed by atoms with Crippen LogP contribution in [0, 0.1) is 11.8 Å². The quantitative estimate of drug-likeness (QED) is 0.171. The van der Waals surface area contributed by atoms with E-state index in [0.717, 1.165) is 74.0 Å². The SMILES string of the molecule is CC(=O)Nc1ncc(CN2CCC(Cc3ccc(Cl)cc3)CC2)s1.CC(=O)Nc1ncc(CN2CCC(Cc3ccc(Cl)cc3)CC2)s1. The second-order valence-electron chi connectivity index (χ2n) is 12.7. The van der Waals surface area contributed by atoms with E-state index in [2.05, 4.69) is 54.7 Å². The molecule has 0 atom stereocenters. The van der Waals surface area contributed by atoms with Crippen molar-refractivity contribution in [1.29, 1.82) is 0 Å². The molecule has 2 aliphatic heterocycles. The van der Waals surface area contributed by atoms with E-state index in [0.29, 0.717) is 10.3 Å². The Bertz CT molecular complexity index is 1480. The predicted octanol–water partition coefficient (Wildman–Crippen LogP) is 8.42. The number of carbonyl (C=O) groups excluding carboxylic acids is 2. The van der Waals surface area contributed by atoms with E-state index in [-0.39, 0.29) is 11.8 Å². The molecule has 0 spiro atoms. The fraction of sp³-hybridized carbons (Fsp3) is 0.444. The van der Waals surface area contributed by atoms with Gasteiger partial charge in [0.25, 0.3) is 0 Å². The molecule has 2 saturated heterocycles. The van der Waals surface area contributed by atoms with Crippen LogP contribution in [0.5, 0.6) is 0 Å². The van der Waals surface area contributed by atoms with E-state index in [9.17, 15) is 9.59 Å². The third-order valence-corrected chi connectivity index (χ3v) is 11.0. The molecule has 6 rings (SSSR count). The van der Waals surface area contributed by atoms with Crippen LogP contribution in [-0.4, -0.2) is 57.8 Å². The third-order valence-electron chi connectivity index (χ3n) is 8.72. The van der Waals surface area contributed by atoms with Crippen molar-refractivity contribution in [3.05, 3.63) is 91.9 Å². The maximum Gasteiger partial charge on any atom is 0.223 e. The van der Waals surface area contributed by atoms with Crippen molar-refractivity contribution in [3.63, 3.8) is 0 Å². The molecule has 256 valence electrons. The molecule has 4 aromatic rings. The van der Waals surface area contributed by atoms with Crippen LogP contribution >= 0.6 is 45.9 Å². The van der Waals surface area contributed by atoms with Gasteiger partial charge in [-0.15, -0.1) is 22.7 Å². The molecule has 2 aromatic carbocycles. The molecule has 0 radical (unpaired) electrons. The summed E-state index contributed by atoms with van der Waals surface area (Å²) in [6, 6.07) is 16.4. The van der Waals surface area contributed by atoms with Crippen LogP contribution in [0.3, 0.4) is 0 Å². The summed E-state index contributed by atoms with van der Waals surface area (Å²) in [7, 11) is 0. The Labute approximate surface area is 301 Å². The summed E-state index contributed by atoms with van der Waals surface area (Å²) in [6.07, 6.45) is 10.9. The van der Waals surface area contributed by atoms with E-state index >= 15 is 0 Å². The molecule has 2 aliphatic rings. The second-order valence-corrected chi connectivity index (χ2v) is 15.8. The van der Waals surface area contributed by atoms with Gasteiger partial charge in [-0.2, -0.15) is 0 Å². The van der Waals surface area contributed by atoms with Crippen LogP contribution in [-0.2, 0) is 35.5 Å². The van der Waals surface area contributed by atoms with E-state index < -0.39 is 0 Å². The van der Waals surface area contributed by atoms with Crippen LogP contribution < -0.4 is 10.6 Å². The highest BCUT2D eigenvalue weighted by atomic mass is 35.5. The summed E-state index contributed by atoms with van der Waals surface area (Å²) >= 11 is 15.0. The average Bonchev–Trinajstić information content (AvgIpc) is 3.69. The first-order valence-electron chi connectivity index (χ1n) is 16.5. The van der Waals surface area contributed by atoms with Gasteiger partial charge in [0.05, 0.1) is 0 Å². The Morgan fingerprint density at radius 1 is 0.667 bits per heavy atom. The number of halogens is 2. The van der Waals surface area contributed by atoms with Crippen LogP contribution in [0.15, 0.2) is 60.9 Å². The highest BCUT2D eigenvalue weighted by Crippen LogP contribution is 2.27. The summed E-state index contributed by atoms with van der Waals surface area (Å²) in [6.45, 7) is 9.32. The predicted molar refractivity (Wildman–Crippen MR) is 199 cm³/mol. The number of benzene rings is 2. The molecule has 2 amide bonds. The Morgan fingerprint density at radius 2 is 1.02 bits per heavy atom. The number of piperidine rings is 2. The minimum atomic E-state index is -0.0705.